The van der Waals surface area contributed by atoms with Crippen molar-refractivity contribution in [2.45, 2.75) is 0 Å². The van der Waals surface area contributed by atoms with E-state index in [-0.39, 0.29) is 10.0 Å². The number of hydrogen-bond donors (Lipinski definition) is 0. The van der Waals surface area contributed by atoms with Gasteiger partial charge in [0.1, 0.15) is 11.5 Å². The fraction of sp³-hybridized carbons (Fsp3) is 0. The van der Waals surface area contributed by atoms with Gasteiger partial charge >= 0.3 is 0 Å². The van der Waals surface area contributed by atoms with Gasteiger partial charge in [-0.05, 0) is 42.3 Å². The highest BCUT2D eigenvalue weighted by Gasteiger charge is 2.01. The minimum absolute atomic E-state index is 0.380. The van der Waals surface area contributed by atoms with Crippen LogP contribution in [-0.4, -0.2) is 0 Å². The van der Waals surface area contributed by atoms with Gasteiger partial charge in [-0.3, -0.25) is 0 Å². The zero-order chi connectivity index (χ0) is 18.3. The lowest BCUT2D eigenvalue weighted by atomic mass is 10.2. The van der Waals surface area contributed by atoms with E-state index in [1.165, 1.54) is 0 Å². The van der Waals surface area contributed by atoms with Crippen molar-refractivity contribution in [3.05, 3.63) is 57.9 Å². The molecule has 0 aliphatic rings. The molecule has 2 aromatic rings. The molecule has 0 spiro atoms. The highest BCUT2D eigenvalue weighted by molar-refractivity contribution is 6.34. The Morgan fingerprint density at radius 3 is 2.12 bits per heavy atom. The van der Waals surface area contributed by atoms with Crippen LogP contribution in [0.3, 0.4) is 0 Å². The first-order chi connectivity index (χ1) is 11.1. The Balaban J connectivity index is 2.74. The van der Waals surface area contributed by atoms with E-state index in [9.17, 15) is 0 Å². The summed E-state index contributed by atoms with van der Waals surface area (Å²) in [6, 6.07) is -2.46. The molecule has 0 aliphatic carbocycles. The Bertz CT molecular complexity index is 853. The molecule has 0 N–H and O–H groups in total. The maximum atomic E-state index is 8.91. The number of rotatable bonds is 2. The number of halogens is 2. The molecule has 0 bridgehead atoms. The molecule has 0 aromatic heterocycles. The first kappa shape index (κ1) is 5.77. The summed E-state index contributed by atoms with van der Waals surface area (Å²) in [6.45, 7) is 0. The molecule has 2 nitrogen and oxygen atoms in total. The summed E-state index contributed by atoms with van der Waals surface area (Å²) in [5.41, 5.74) is -0.452. The predicted octanol–water partition coefficient (Wildman–Crippen LogP) is 4.66. The summed E-state index contributed by atoms with van der Waals surface area (Å²) >= 11 is 11.6. The van der Waals surface area contributed by atoms with Crippen LogP contribution >= 0.6 is 23.2 Å². The van der Waals surface area contributed by atoms with Crippen molar-refractivity contribution in [1.29, 1.82) is 5.26 Å². The van der Waals surface area contributed by atoms with E-state index < -0.39 is 59.4 Å². The first-order valence-electron chi connectivity index (χ1n) is 7.76. The van der Waals surface area contributed by atoms with Crippen LogP contribution in [0.1, 0.15) is 15.2 Å². The van der Waals surface area contributed by atoms with Gasteiger partial charge in [0.25, 0.3) is 0 Å². The number of benzene rings is 2. The van der Waals surface area contributed by atoms with Crippen LogP contribution in [0.25, 0.3) is 0 Å². The fourth-order valence-corrected chi connectivity index (χ4v) is 1.36. The van der Waals surface area contributed by atoms with Gasteiger partial charge in [-0.25, -0.2) is 0 Å². The zero-order valence-corrected chi connectivity index (χ0v) is 9.62. The Morgan fingerprint density at radius 2 is 1.59 bits per heavy atom. The second-order valence-corrected chi connectivity index (χ2v) is 3.51. The molecule has 4 heteroatoms. The molecule has 2 rings (SSSR count). The summed E-state index contributed by atoms with van der Waals surface area (Å²) in [6.07, 6.45) is 0. The zero-order valence-electron chi connectivity index (χ0n) is 15.1. The molecule has 2 aromatic carbocycles. The van der Waals surface area contributed by atoms with Crippen molar-refractivity contribution in [2.24, 2.45) is 0 Å². The van der Waals surface area contributed by atoms with E-state index in [1.807, 2.05) is 0 Å². The van der Waals surface area contributed by atoms with E-state index in [2.05, 4.69) is 0 Å². The van der Waals surface area contributed by atoms with Crippen molar-refractivity contribution in [2.75, 3.05) is 0 Å². The molecule has 0 heterocycles. The molecule has 0 aliphatic heterocycles. The minimum atomic E-state index is -0.645. The topological polar surface area (TPSA) is 33.0 Å². The van der Waals surface area contributed by atoms with Crippen LogP contribution in [0.15, 0.2) is 42.3 Å². The second kappa shape index (κ2) is 5.09. The molecular formula is C13H7Cl2NO. The van der Waals surface area contributed by atoms with E-state index in [0.717, 1.165) is 0 Å². The molecule has 0 amide bonds. The lowest BCUT2D eigenvalue weighted by molar-refractivity contribution is 0.483. The van der Waals surface area contributed by atoms with Crippen LogP contribution in [0, 0.1) is 11.3 Å². The van der Waals surface area contributed by atoms with Gasteiger partial charge in [0, 0.05) is 10.0 Å². The van der Waals surface area contributed by atoms with Crippen LogP contribution in [0.2, 0.25) is 10.0 Å². The summed E-state index contributed by atoms with van der Waals surface area (Å²) in [4.78, 5) is 0. The lowest BCUT2D eigenvalue weighted by Crippen LogP contribution is -1.84. The van der Waals surface area contributed by atoms with Gasteiger partial charge in [-0.2, -0.15) is 5.26 Å². The second-order valence-electron chi connectivity index (χ2n) is 2.75. The van der Waals surface area contributed by atoms with Gasteiger partial charge in [0.2, 0.25) is 0 Å². The van der Waals surface area contributed by atoms with Gasteiger partial charge < -0.3 is 4.74 Å². The summed E-state index contributed by atoms with van der Waals surface area (Å²) in [5, 5.41) is 8.15. The molecule has 0 saturated heterocycles. The average Bonchev–Trinajstić information content (AvgIpc) is 2.56. The van der Waals surface area contributed by atoms with Crippen LogP contribution in [0.4, 0.5) is 0 Å². The maximum absolute atomic E-state index is 8.91. The van der Waals surface area contributed by atoms with Gasteiger partial charge in [-0.15, -0.1) is 0 Å². The Morgan fingerprint density at radius 1 is 1.00 bits per heavy atom. The van der Waals surface area contributed by atoms with E-state index in [1.54, 1.807) is 6.07 Å². The Kier molecular flexibility index (Phi) is 1.73. The van der Waals surface area contributed by atoms with E-state index in [0.29, 0.717) is 0 Å². The van der Waals surface area contributed by atoms with Crippen molar-refractivity contribution >= 4 is 23.2 Å². The van der Waals surface area contributed by atoms with Crippen LogP contribution < -0.4 is 4.74 Å². The molecule has 0 atom stereocenters. The Labute approximate surface area is 119 Å². The van der Waals surface area contributed by atoms with E-state index in [4.69, 9.17) is 42.8 Å². The molecule has 84 valence electrons. The fourth-order valence-electron chi connectivity index (χ4n) is 0.951. The highest BCUT2D eigenvalue weighted by atomic mass is 35.5. The predicted molar refractivity (Wildman–Crippen MR) is 67.7 cm³/mol. The van der Waals surface area contributed by atoms with Crippen LogP contribution in [-0.2, 0) is 0 Å². The standard InChI is InChI=1S/C13H7Cl2NO/c14-10-5-11(15)7-13(6-10)17-12-3-1-9(8-16)2-4-12/h1-7H/i1D,2D,3D,4D,5D,6D,7D. The minimum Gasteiger partial charge on any atom is -0.457 e. The summed E-state index contributed by atoms with van der Waals surface area (Å²) in [5.74, 6) is -1.08. The molecule has 0 fully saturated rings. The third-order valence-corrected chi connectivity index (χ3v) is 1.96. The third kappa shape index (κ3) is 3.13. The number of nitriles is 1. The first-order valence-corrected chi connectivity index (χ1v) is 5.02. The summed E-state index contributed by atoms with van der Waals surface area (Å²) < 4.78 is 59.5. The number of ether oxygens (including phenoxy) is 1. The number of hydrogen-bond acceptors (Lipinski definition) is 2. The van der Waals surface area contributed by atoms with Crippen LogP contribution in [0.5, 0.6) is 11.5 Å². The maximum Gasteiger partial charge on any atom is 0.130 e. The smallest absolute Gasteiger partial charge is 0.130 e. The van der Waals surface area contributed by atoms with Crippen molar-refractivity contribution in [1.82, 2.24) is 0 Å². The quantitative estimate of drug-likeness (QED) is 0.795. The average molecular weight is 271 g/mol. The molecule has 0 radical (unpaired) electrons. The highest BCUT2D eigenvalue weighted by Crippen LogP contribution is 2.28. The van der Waals surface area contributed by atoms with Crippen molar-refractivity contribution in [3.8, 4) is 17.6 Å². The Hall–Kier alpha value is -1.69. The third-order valence-electron chi connectivity index (χ3n) is 1.58. The van der Waals surface area contributed by atoms with Crippen molar-refractivity contribution in [3.63, 3.8) is 0 Å². The van der Waals surface area contributed by atoms with Gasteiger partial charge in [0.15, 0.2) is 0 Å². The van der Waals surface area contributed by atoms with Crippen molar-refractivity contribution < 1.29 is 14.3 Å². The van der Waals surface area contributed by atoms with E-state index >= 15 is 0 Å². The lowest BCUT2D eigenvalue weighted by Gasteiger charge is -2.06. The molecule has 17 heavy (non-hydrogen) atoms. The monoisotopic (exact) mass is 270 g/mol. The molecule has 0 unspecified atom stereocenters. The normalized spacial score (nSPS) is 15.5. The molecular weight excluding hydrogens is 257 g/mol. The largest absolute Gasteiger partial charge is 0.457 e. The SMILES string of the molecule is [2H]c1c(Cl)c([2H])c(Oc2c([2H])c([2H])c(C#N)c([2H])c2[2H])c([2H])c1Cl. The van der Waals surface area contributed by atoms with Gasteiger partial charge in [-0.1, -0.05) is 23.2 Å². The summed E-state index contributed by atoms with van der Waals surface area (Å²) in [7, 11) is 0. The molecule has 0 saturated carbocycles. The number of nitrogens with zero attached hydrogens (tertiary/aromatic N) is 1. The van der Waals surface area contributed by atoms with Gasteiger partial charge in [0.05, 0.1) is 21.2 Å².